The fourth-order valence-electron chi connectivity index (χ4n) is 2.83. The number of nitrogens with zero attached hydrogens (tertiary/aromatic N) is 2. The molecular weight excluding hydrogens is 348 g/mol. The SMILES string of the molecule is CCOc1ccc(C(=O)N=c2sc3c(C)ccc(OC)c3n2CC)cc1. The molecule has 136 valence electrons. The lowest BCUT2D eigenvalue weighted by Crippen LogP contribution is -2.16. The van der Waals surface area contributed by atoms with Crippen LogP contribution in [0.25, 0.3) is 10.2 Å². The number of amides is 1. The quantitative estimate of drug-likeness (QED) is 0.677. The van der Waals surface area contributed by atoms with Crippen molar-refractivity contribution in [3.8, 4) is 11.5 Å². The van der Waals surface area contributed by atoms with E-state index in [0.717, 1.165) is 27.3 Å². The van der Waals surface area contributed by atoms with Crippen molar-refractivity contribution in [1.82, 2.24) is 4.57 Å². The number of rotatable bonds is 5. The van der Waals surface area contributed by atoms with Crippen LogP contribution < -0.4 is 14.3 Å². The van der Waals surface area contributed by atoms with Crippen LogP contribution in [0, 0.1) is 6.92 Å². The molecule has 0 spiro atoms. The summed E-state index contributed by atoms with van der Waals surface area (Å²) in [5, 5.41) is 0. The lowest BCUT2D eigenvalue weighted by atomic mass is 10.2. The molecule has 0 unspecified atom stereocenters. The van der Waals surface area contributed by atoms with Gasteiger partial charge in [-0.05, 0) is 56.7 Å². The van der Waals surface area contributed by atoms with Crippen LogP contribution in [0.3, 0.4) is 0 Å². The Hall–Kier alpha value is -2.60. The second-order valence-corrected chi connectivity index (χ2v) is 6.74. The van der Waals surface area contributed by atoms with Gasteiger partial charge in [-0.3, -0.25) is 4.79 Å². The Morgan fingerprint density at radius 3 is 2.50 bits per heavy atom. The lowest BCUT2D eigenvalue weighted by molar-refractivity contribution is 0.0998. The van der Waals surface area contributed by atoms with Crippen molar-refractivity contribution in [2.45, 2.75) is 27.3 Å². The van der Waals surface area contributed by atoms with Gasteiger partial charge in [0.2, 0.25) is 0 Å². The zero-order chi connectivity index (χ0) is 18.7. The zero-order valence-corrected chi connectivity index (χ0v) is 16.2. The van der Waals surface area contributed by atoms with Gasteiger partial charge in [0.1, 0.15) is 17.0 Å². The van der Waals surface area contributed by atoms with Gasteiger partial charge in [0, 0.05) is 12.1 Å². The molecule has 0 radical (unpaired) electrons. The van der Waals surface area contributed by atoms with Crippen LogP contribution in [0.4, 0.5) is 0 Å². The molecule has 0 aliphatic carbocycles. The first-order chi connectivity index (χ1) is 12.6. The summed E-state index contributed by atoms with van der Waals surface area (Å²) in [6.07, 6.45) is 0. The van der Waals surface area contributed by atoms with Gasteiger partial charge in [-0.25, -0.2) is 0 Å². The van der Waals surface area contributed by atoms with Crippen LogP contribution in [-0.2, 0) is 6.54 Å². The topological polar surface area (TPSA) is 52.8 Å². The largest absolute Gasteiger partial charge is 0.495 e. The Kier molecular flexibility index (Phi) is 5.42. The molecule has 1 aromatic heterocycles. The maximum atomic E-state index is 12.6. The van der Waals surface area contributed by atoms with Crippen LogP contribution in [0.1, 0.15) is 29.8 Å². The lowest BCUT2D eigenvalue weighted by Gasteiger charge is -2.07. The van der Waals surface area contributed by atoms with E-state index in [-0.39, 0.29) is 5.91 Å². The Balaban J connectivity index is 2.09. The average Bonchev–Trinajstić information content (AvgIpc) is 3.02. The van der Waals surface area contributed by atoms with E-state index in [0.29, 0.717) is 23.5 Å². The maximum Gasteiger partial charge on any atom is 0.279 e. The molecule has 1 heterocycles. The molecule has 0 saturated heterocycles. The van der Waals surface area contributed by atoms with Crippen molar-refractivity contribution in [2.24, 2.45) is 4.99 Å². The minimum Gasteiger partial charge on any atom is -0.495 e. The van der Waals surface area contributed by atoms with Gasteiger partial charge in [0.25, 0.3) is 5.91 Å². The van der Waals surface area contributed by atoms with Gasteiger partial charge in [0.15, 0.2) is 4.80 Å². The summed E-state index contributed by atoms with van der Waals surface area (Å²) in [6, 6.07) is 11.0. The average molecular weight is 370 g/mol. The van der Waals surface area contributed by atoms with Gasteiger partial charge in [0.05, 0.1) is 18.4 Å². The molecule has 0 bridgehead atoms. The maximum absolute atomic E-state index is 12.6. The highest BCUT2D eigenvalue weighted by Crippen LogP contribution is 2.30. The minimum absolute atomic E-state index is 0.265. The first kappa shape index (κ1) is 18.2. The number of aryl methyl sites for hydroxylation is 2. The standard InChI is InChI=1S/C20H22N2O3S/c1-5-22-17-16(24-4)12-7-13(3)18(17)26-20(22)21-19(23)14-8-10-15(11-9-14)25-6-2/h7-12H,5-6H2,1-4H3. The molecule has 3 rings (SSSR count). The molecule has 2 aromatic carbocycles. The Labute approximate surface area is 156 Å². The van der Waals surface area contributed by atoms with Gasteiger partial charge >= 0.3 is 0 Å². The molecular formula is C20H22N2O3S. The Morgan fingerprint density at radius 1 is 1.15 bits per heavy atom. The Morgan fingerprint density at radius 2 is 1.88 bits per heavy atom. The third kappa shape index (κ3) is 3.37. The molecule has 0 N–H and O–H groups in total. The fourth-order valence-corrected chi connectivity index (χ4v) is 4.01. The Bertz CT molecular complexity index is 1000. The summed E-state index contributed by atoms with van der Waals surface area (Å²) >= 11 is 1.51. The first-order valence-corrected chi connectivity index (χ1v) is 9.39. The van der Waals surface area contributed by atoms with Crippen LogP contribution >= 0.6 is 11.3 Å². The molecule has 0 fully saturated rings. The highest BCUT2D eigenvalue weighted by atomic mass is 32.1. The molecule has 5 nitrogen and oxygen atoms in total. The normalized spacial score (nSPS) is 11.8. The van der Waals surface area contributed by atoms with E-state index in [4.69, 9.17) is 9.47 Å². The number of hydrogen-bond acceptors (Lipinski definition) is 4. The van der Waals surface area contributed by atoms with E-state index in [1.165, 1.54) is 11.3 Å². The fraction of sp³-hybridized carbons (Fsp3) is 0.300. The second-order valence-electron chi connectivity index (χ2n) is 5.77. The smallest absolute Gasteiger partial charge is 0.279 e. The van der Waals surface area contributed by atoms with E-state index in [9.17, 15) is 4.79 Å². The summed E-state index contributed by atoms with van der Waals surface area (Å²) in [7, 11) is 1.66. The van der Waals surface area contributed by atoms with Crippen molar-refractivity contribution in [3.05, 3.63) is 52.3 Å². The number of benzene rings is 2. The van der Waals surface area contributed by atoms with E-state index in [1.807, 2.05) is 30.5 Å². The monoisotopic (exact) mass is 370 g/mol. The highest BCUT2D eigenvalue weighted by Gasteiger charge is 2.14. The molecule has 0 aliphatic heterocycles. The summed E-state index contributed by atoms with van der Waals surface area (Å²) in [5.41, 5.74) is 2.67. The molecule has 26 heavy (non-hydrogen) atoms. The second kappa shape index (κ2) is 7.74. The van der Waals surface area contributed by atoms with E-state index < -0.39 is 0 Å². The summed E-state index contributed by atoms with van der Waals surface area (Å²) < 4.78 is 14.0. The number of carbonyl (C=O) groups is 1. The summed E-state index contributed by atoms with van der Waals surface area (Å²) in [4.78, 5) is 17.7. The van der Waals surface area contributed by atoms with Crippen molar-refractivity contribution in [2.75, 3.05) is 13.7 Å². The first-order valence-electron chi connectivity index (χ1n) is 8.57. The van der Waals surface area contributed by atoms with Gasteiger partial charge in [-0.2, -0.15) is 4.99 Å². The number of thiazole rings is 1. The van der Waals surface area contributed by atoms with Crippen LogP contribution in [-0.4, -0.2) is 24.2 Å². The van der Waals surface area contributed by atoms with Gasteiger partial charge < -0.3 is 14.0 Å². The van der Waals surface area contributed by atoms with Gasteiger partial charge in [-0.15, -0.1) is 0 Å². The van der Waals surface area contributed by atoms with E-state index in [2.05, 4.69) is 11.9 Å². The number of fused-ring (bicyclic) bond motifs is 1. The molecule has 6 heteroatoms. The minimum atomic E-state index is -0.265. The summed E-state index contributed by atoms with van der Waals surface area (Å²) in [6.45, 7) is 7.31. The van der Waals surface area contributed by atoms with Crippen LogP contribution in [0.2, 0.25) is 0 Å². The van der Waals surface area contributed by atoms with E-state index in [1.54, 1.807) is 31.4 Å². The third-order valence-electron chi connectivity index (χ3n) is 4.13. The number of carbonyl (C=O) groups excluding carboxylic acids is 1. The number of methoxy groups -OCH3 is 1. The zero-order valence-electron chi connectivity index (χ0n) is 15.4. The molecule has 1 amide bonds. The van der Waals surface area contributed by atoms with Gasteiger partial charge in [-0.1, -0.05) is 17.4 Å². The van der Waals surface area contributed by atoms with Crippen LogP contribution in [0.5, 0.6) is 11.5 Å². The number of aromatic nitrogens is 1. The highest BCUT2D eigenvalue weighted by molar-refractivity contribution is 7.16. The third-order valence-corrected chi connectivity index (χ3v) is 5.34. The predicted octanol–water partition coefficient (Wildman–Crippen LogP) is 4.18. The van der Waals surface area contributed by atoms with Crippen molar-refractivity contribution >= 4 is 27.5 Å². The molecule has 0 saturated carbocycles. The van der Waals surface area contributed by atoms with Crippen molar-refractivity contribution in [1.29, 1.82) is 0 Å². The van der Waals surface area contributed by atoms with Crippen molar-refractivity contribution < 1.29 is 14.3 Å². The number of ether oxygens (including phenoxy) is 2. The number of hydrogen-bond donors (Lipinski definition) is 0. The van der Waals surface area contributed by atoms with Crippen LogP contribution in [0.15, 0.2) is 41.4 Å². The molecule has 0 atom stereocenters. The molecule has 3 aromatic rings. The predicted molar refractivity (Wildman–Crippen MR) is 104 cm³/mol. The van der Waals surface area contributed by atoms with E-state index >= 15 is 0 Å². The van der Waals surface area contributed by atoms with Crippen molar-refractivity contribution in [3.63, 3.8) is 0 Å². The molecule has 0 aliphatic rings. The summed E-state index contributed by atoms with van der Waals surface area (Å²) in [5.74, 6) is 1.27.